The van der Waals surface area contributed by atoms with Crippen molar-refractivity contribution in [1.82, 2.24) is 9.44 Å². The maximum Gasteiger partial charge on any atom is 0.302 e. The number of aliphatic hydroxyl groups is 2. The summed E-state index contributed by atoms with van der Waals surface area (Å²) < 4.78 is 52.3. The summed E-state index contributed by atoms with van der Waals surface area (Å²) in [6, 6.07) is 18.7. The number of carbonyl (C=O) groups excluding carboxylic acids is 1. The smallest absolute Gasteiger partial charge is 0.302 e. The first-order valence-electron chi connectivity index (χ1n) is 13.3. The number of aliphatic hydroxyl groups excluding tert-OH is 1. The molecule has 0 saturated heterocycles. The summed E-state index contributed by atoms with van der Waals surface area (Å²) in [5.41, 5.74) is -2.63. The molecule has 43 heavy (non-hydrogen) atoms. The summed E-state index contributed by atoms with van der Waals surface area (Å²) in [5, 5.41) is 25.3. The molecule has 226 valence electrons. The highest BCUT2D eigenvalue weighted by Crippen LogP contribution is 2.67. The van der Waals surface area contributed by atoms with Gasteiger partial charge in [0.15, 0.2) is 0 Å². The fraction of sp³-hybridized carbons (Fsp3) is 0.323. The summed E-state index contributed by atoms with van der Waals surface area (Å²) in [6.07, 6.45) is 3.34. The number of ether oxygens (including phenoxy) is 4. The highest BCUT2D eigenvalue weighted by Gasteiger charge is 2.75. The third kappa shape index (κ3) is 4.74. The van der Waals surface area contributed by atoms with Crippen molar-refractivity contribution < 1.29 is 42.4 Å². The molecule has 0 bridgehead atoms. The minimum atomic E-state index is -4.41. The van der Waals surface area contributed by atoms with E-state index < -0.39 is 45.1 Å². The minimum absolute atomic E-state index is 0.0925. The van der Waals surface area contributed by atoms with Gasteiger partial charge in [-0.25, -0.2) is 4.72 Å². The van der Waals surface area contributed by atoms with E-state index in [1.807, 2.05) is 4.72 Å². The lowest BCUT2D eigenvalue weighted by atomic mass is 9.59. The summed E-state index contributed by atoms with van der Waals surface area (Å²) in [4.78, 5) is 14.0. The monoisotopic (exact) mass is 608 g/mol. The van der Waals surface area contributed by atoms with Gasteiger partial charge in [0.25, 0.3) is 0 Å². The van der Waals surface area contributed by atoms with E-state index >= 15 is 0 Å². The first kappa shape index (κ1) is 30.2. The van der Waals surface area contributed by atoms with E-state index in [9.17, 15) is 23.4 Å². The van der Waals surface area contributed by atoms with Gasteiger partial charge in [-0.15, -0.1) is 6.42 Å². The van der Waals surface area contributed by atoms with Crippen LogP contribution in [0.4, 0.5) is 0 Å². The lowest BCUT2D eigenvalue weighted by Crippen LogP contribution is -2.58. The van der Waals surface area contributed by atoms with Crippen LogP contribution < -0.4 is 28.4 Å². The van der Waals surface area contributed by atoms with Crippen LogP contribution in [0, 0.1) is 18.3 Å². The lowest BCUT2D eigenvalue weighted by Gasteiger charge is -2.50. The number of amides is 1. The van der Waals surface area contributed by atoms with Crippen molar-refractivity contribution in [3.8, 4) is 35.3 Å². The molecule has 1 aliphatic heterocycles. The number of carbonyl (C=O) groups is 1. The van der Waals surface area contributed by atoms with Crippen LogP contribution in [-0.4, -0.2) is 65.1 Å². The summed E-state index contributed by atoms with van der Waals surface area (Å²) in [5.74, 6) is -0.172. The average molecular weight is 609 g/mol. The fourth-order valence-electron chi connectivity index (χ4n) is 6.54. The fourth-order valence-corrected chi connectivity index (χ4v) is 7.28. The largest absolute Gasteiger partial charge is 0.497 e. The third-order valence-electron chi connectivity index (χ3n) is 8.34. The van der Waals surface area contributed by atoms with Crippen LogP contribution in [0.15, 0.2) is 66.7 Å². The van der Waals surface area contributed by atoms with Crippen LogP contribution in [0.5, 0.6) is 23.0 Å². The Morgan fingerprint density at radius 2 is 1.72 bits per heavy atom. The topological polar surface area (TPSA) is 153 Å². The van der Waals surface area contributed by atoms with E-state index in [0.29, 0.717) is 22.6 Å². The molecule has 5 rings (SSSR count). The molecule has 1 aliphatic carbocycles. The predicted molar refractivity (Wildman–Crippen MR) is 156 cm³/mol. The molecule has 2 aliphatic rings. The number of hydrogen-bond donors (Lipinski definition) is 4. The van der Waals surface area contributed by atoms with Crippen molar-refractivity contribution >= 4 is 16.1 Å². The second-order valence-corrected chi connectivity index (χ2v) is 11.8. The van der Waals surface area contributed by atoms with Crippen molar-refractivity contribution in [2.45, 2.75) is 23.0 Å². The standard InChI is InChI=1S/C31H32N2O9S/c1-5-15-32-43(37,38)33-29(35)25-26(19-9-7-6-8-10-19)30(20-11-13-21(39-2)14-12-20)18-42-24-17-22(40-3)16-23(41-4)27(24)31(30,36)28(25)34/h1,6-14,16-17,25-26,28,32,34,36H,15,18H2,2-4H3,(H,33,35)/t25-,26-,28-,30-,31+/m1/s1. The van der Waals surface area contributed by atoms with Crippen LogP contribution in [0.1, 0.15) is 22.6 Å². The normalized spacial score (nSPS) is 25.8. The van der Waals surface area contributed by atoms with Crippen molar-refractivity contribution in [2.75, 3.05) is 34.5 Å². The Bertz CT molecular complexity index is 1640. The third-order valence-corrected chi connectivity index (χ3v) is 9.33. The van der Waals surface area contributed by atoms with Crippen LogP contribution in [0.3, 0.4) is 0 Å². The highest BCUT2D eigenvalue weighted by atomic mass is 32.2. The Balaban J connectivity index is 1.82. The van der Waals surface area contributed by atoms with Crippen LogP contribution in [0.25, 0.3) is 0 Å². The second-order valence-electron chi connectivity index (χ2n) is 10.3. The number of fused-ring (bicyclic) bond motifs is 3. The van der Waals surface area contributed by atoms with Crippen LogP contribution in [0.2, 0.25) is 0 Å². The quantitative estimate of drug-likeness (QED) is 0.265. The number of terminal acetylenes is 1. The molecule has 1 fully saturated rings. The zero-order valence-corrected chi connectivity index (χ0v) is 24.6. The zero-order chi connectivity index (χ0) is 31.0. The predicted octanol–water partition coefficient (Wildman–Crippen LogP) is 1.59. The molecule has 3 aromatic rings. The molecular weight excluding hydrogens is 576 g/mol. The molecule has 12 heteroatoms. The molecule has 0 aromatic heterocycles. The molecule has 3 aromatic carbocycles. The molecule has 1 amide bonds. The molecule has 1 saturated carbocycles. The molecule has 1 heterocycles. The Morgan fingerprint density at radius 3 is 2.33 bits per heavy atom. The average Bonchev–Trinajstić information content (AvgIpc) is 3.24. The maximum absolute atomic E-state index is 14.0. The van der Waals surface area contributed by atoms with Crippen molar-refractivity contribution in [2.24, 2.45) is 5.92 Å². The summed E-state index contributed by atoms with van der Waals surface area (Å²) in [7, 11) is -0.0364. The van der Waals surface area contributed by atoms with E-state index in [-0.39, 0.29) is 30.2 Å². The zero-order valence-electron chi connectivity index (χ0n) is 23.7. The van der Waals surface area contributed by atoms with Gasteiger partial charge in [0, 0.05) is 18.1 Å². The van der Waals surface area contributed by atoms with E-state index in [1.54, 1.807) is 60.7 Å². The SMILES string of the molecule is C#CCNS(=O)(=O)NC(=O)[C@H]1[C@@H](O)[C@@]2(O)c3c(OC)cc(OC)cc3OC[C@@]2(c2ccc(OC)cc2)[C@@H]1c1ccccc1. The summed E-state index contributed by atoms with van der Waals surface area (Å²) in [6.45, 7) is -0.570. The number of methoxy groups -OCH3 is 3. The molecule has 0 spiro atoms. The van der Waals surface area contributed by atoms with Gasteiger partial charge < -0.3 is 29.2 Å². The van der Waals surface area contributed by atoms with Crippen LogP contribution >= 0.6 is 0 Å². The first-order valence-corrected chi connectivity index (χ1v) is 14.8. The van der Waals surface area contributed by atoms with Crippen molar-refractivity contribution in [3.05, 3.63) is 83.4 Å². The maximum atomic E-state index is 14.0. The molecule has 0 unspecified atom stereocenters. The van der Waals surface area contributed by atoms with Gasteiger partial charge in [0.2, 0.25) is 5.91 Å². The Kier molecular flexibility index (Phi) is 8.02. The van der Waals surface area contributed by atoms with Crippen molar-refractivity contribution in [3.63, 3.8) is 0 Å². The van der Waals surface area contributed by atoms with E-state index in [2.05, 4.69) is 10.6 Å². The highest BCUT2D eigenvalue weighted by molar-refractivity contribution is 7.88. The van der Waals surface area contributed by atoms with E-state index in [0.717, 1.165) is 0 Å². The number of hydrogen-bond acceptors (Lipinski definition) is 9. The number of rotatable bonds is 9. The van der Waals surface area contributed by atoms with Gasteiger partial charge in [0.1, 0.15) is 41.3 Å². The van der Waals surface area contributed by atoms with E-state index in [1.165, 1.54) is 27.4 Å². The van der Waals surface area contributed by atoms with Gasteiger partial charge in [-0.3, -0.25) is 4.79 Å². The Hall–Kier alpha value is -4.28. The summed E-state index contributed by atoms with van der Waals surface area (Å²) >= 11 is 0. The Labute approximate surface area is 249 Å². The van der Waals surface area contributed by atoms with Gasteiger partial charge >= 0.3 is 10.2 Å². The molecule has 11 nitrogen and oxygen atoms in total. The minimum Gasteiger partial charge on any atom is -0.497 e. The molecular formula is C31H32N2O9S. The van der Waals surface area contributed by atoms with Gasteiger partial charge in [0.05, 0.1) is 44.8 Å². The molecule has 5 atom stereocenters. The second kappa shape index (κ2) is 11.4. The first-order chi connectivity index (χ1) is 20.6. The van der Waals surface area contributed by atoms with Crippen LogP contribution in [-0.2, 0) is 26.0 Å². The number of nitrogens with one attached hydrogen (secondary N) is 2. The van der Waals surface area contributed by atoms with Gasteiger partial charge in [-0.1, -0.05) is 48.4 Å². The van der Waals surface area contributed by atoms with Gasteiger partial charge in [-0.05, 0) is 23.3 Å². The van der Waals surface area contributed by atoms with E-state index in [4.69, 9.17) is 25.4 Å². The van der Waals surface area contributed by atoms with Gasteiger partial charge in [-0.2, -0.15) is 13.1 Å². The Morgan fingerprint density at radius 1 is 1.05 bits per heavy atom. The lowest BCUT2D eigenvalue weighted by molar-refractivity contribution is -0.141. The molecule has 4 N–H and O–H groups in total. The number of benzene rings is 3. The molecule has 0 radical (unpaired) electrons. The van der Waals surface area contributed by atoms with Crippen molar-refractivity contribution in [1.29, 1.82) is 0 Å².